The molecule has 1 aromatic carbocycles. The Bertz CT molecular complexity index is 608. The largest absolute Gasteiger partial charge is 0.377 e. The highest BCUT2D eigenvalue weighted by atomic mass is 32.2. The van der Waals surface area contributed by atoms with Crippen molar-refractivity contribution in [3.8, 4) is 0 Å². The molecule has 3 rings (SSSR count). The zero-order chi connectivity index (χ0) is 17.6. The molecule has 2 aliphatic rings. The molecular weight excluding hydrogens is 336 g/mol. The first-order valence-electron chi connectivity index (χ1n) is 9.03. The van der Waals surface area contributed by atoms with E-state index in [2.05, 4.69) is 5.32 Å². The van der Waals surface area contributed by atoms with Gasteiger partial charge in [0.1, 0.15) is 0 Å². The van der Waals surface area contributed by atoms with Crippen LogP contribution < -0.4 is 5.32 Å². The number of nitrogens with one attached hydrogen (secondary N) is 1. The summed E-state index contributed by atoms with van der Waals surface area (Å²) in [6.07, 6.45) is 4.17. The molecule has 1 aromatic rings. The van der Waals surface area contributed by atoms with Gasteiger partial charge in [-0.2, -0.15) is 0 Å². The maximum atomic E-state index is 12.7. The van der Waals surface area contributed by atoms with Gasteiger partial charge >= 0.3 is 0 Å². The standard InChI is InChI=1S/C19H26N2O3S/c1-14(22)21-10-8-15(9-11-21)20-19(23)17-6-2-3-7-18(17)25-13-16-5-4-12-24-16/h2-3,6-7,15-16H,4-5,8-13H2,1H3,(H,20,23)/t16-/m0/s1. The molecule has 0 spiro atoms. The maximum Gasteiger partial charge on any atom is 0.252 e. The lowest BCUT2D eigenvalue weighted by atomic mass is 10.0. The SMILES string of the molecule is CC(=O)N1CCC(NC(=O)c2ccccc2SC[C@@H]2CCCO2)CC1. The molecule has 1 atom stereocenters. The lowest BCUT2D eigenvalue weighted by Gasteiger charge is -2.31. The number of amides is 2. The van der Waals surface area contributed by atoms with Crippen molar-refractivity contribution in [3.05, 3.63) is 29.8 Å². The molecular formula is C19H26N2O3S. The van der Waals surface area contributed by atoms with Crippen LogP contribution in [0.5, 0.6) is 0 Å². The van der Waals surface area contributed by atoms with Crippen LogP contribution in [0, 0.1) is 0 Å². The Labute approximate surface area is 153 Å². The summed E-state index contributed by atoms with van der Waals surface area (Å²) in [5.41, 5.74) is 0.736. The van der Waals surface area contributed by atoms with Crippen molar-refractivity contribution in [2.75, 3.05) is 25.4 Å². The van der Waals surface area contributed by atoms with Crippen LogP contribution in [0.3, 0.4) is 0 Å². The summed E-state index contributed by atoms with van der Waals surface area (Å²) in [6.45, 7) is 3.89. The van der Waals surface area contributed by atoms with Crippen molar-refractivity contribution in [2.45, 2.75) is 49.6 Å². The predicted octanol–water partition coefficient (Wildman–Crippen LogP) is 2.70. The van der Waals surface area contributed by atoms with Crippen LogP contribution in [0.2, 0.25) is 0 Å². The molecule has 5 nitrogen and oxygen atoms in total. The second kappa shape index (κ2) is 8.72. The minimum Gasteiger partial charge on any atom is -0.377 e. The van der Waals surface area contributed by atoms with Gasteiger partial charge in [-0.25, -0.2) is 0 Å². The highest BCUT2D eigenvalue weighted by Gasteiger charge is 2.23. The topological polar surface area (TPSA) is 58.6 Å². The Hall–Kier alpha value is -1.53. The van der Waals surface area contributed by atoms with Gasteiger partial charge < -0.3 is 15.0 Å². The van der Waals surface area contributed by atoms with Crippen molar-refractivity contribution in [3.63, 3.8) is 0 Å². The lowest BCUT2D eigenvalue weighted by Crippen LogP contribution is -2.46. The first kappa shape index (κ1) is 18.3. The van der Waals surface area contributed by atoms with Crippen molar-refractivity contribution in [2.24, 2.45) is 0 Å². The van der Waals surface area contributed by atoms with Crippen molar-refractivity contribution < 1.29 is 14.3 Å². The number of benzene rings is 1. The van der Waals surface area contributed by atoms with Gasteiger partial charge in [0.2, 0.25) is 5.91 Å². The molecule has 2 saturated heterocycles. The monoisotopic (exact) mass is 362 g/mol. The summed E-state index contributed by atoms with van der Waals surface area (Å²) in [7, 11) is 0. The lowest BCUT2D eigenvalue weighted by molar-refractivity contribution is -0.129. The second-order valence-electron chi connectivity index (χ2n) is 6.70. The van der Waals surface area contributed by atoms with Crippen LogP contribution in [-0.2, 0) is 9.53 Å². The van der Waals surface area contributed by atoms with E-state index < -0.39 is 0 Å². The van der Waals surface area contributed by atoms with E-state index in [9.17, 15) is 9.59 Å². The van der Waals surface area contributed by atoms with E-state index in [4.69, 9.17) is 4.74 Å². The summed E-state index contributed by atoms with van der Waals surface area (Å²) in [5, 5.41) is 3.14. The minimum atomic E-state index is -0.0169. The van der Waals surface area contributed by atoms with E-state index in [0.29, 0.717) is 6.10 Å². The van der Waals surface area contributed by atoms with E-state index >= 15 is 0 Å². The molecule has 136 valence electrons. The smallest absolute Gasteiger partial charge is 0.252 e. The molecule has 1 N–H and O–H groups in total. The third-order valence-corrected chi connectivity index (χ3v) is 6.06. The van der Waals surface area contributed by atoms with E-state index in [1.165, 1.54) is 0 Å². The molecule has 0 aromatic heterocycles. The molecule has 6 heteroatoms. The Morgan fingerprint density at radius 3 is 2.68 bits per heavy atom. The molecule has 0 saturated carbocycles. The summed E-state index contributed by atoms with van der Waals surface area (Å²) >= 11 is 1.70. The van der Waals surface area contributed by atoms with Crippen LogP contribution in [0.25, 0.3) is 0 Å². The van der Waals surface area contributed by atoms with E-state index in [1.807, 2.05) is 29.2 Å². The van der Waals surface area contributed by atoms with Crippen LogP contribution >= 0.6 is 11.8 Å². The Balaban J connectivity index is 1.55. The first-order chi connectivity index (χ1) is 12.1. The van der Waals surface area contributed by atoms with Gasteiger partial charge in [0.25, 0.3) is 5.91 Å². The van der Waals surface area contributed by atoms with Crippen LogP contribution in [0.4, 0.5) is 0 Å². The van der Waals surface area contributed by atoms with Crippen LogP contribution in [-0.4, -0.2) is 54.3 Å². The third kappa shape index (κ3) is 4.98. The molecule has 0 bridgehead atoms. The number of nitrogens with zero attached hydrogens (tertiary/aromatic N) is 1. The molecule has 2 heterocycles. The van der Waals surface area contributed by atoms with Gasteiger partial charge in [-0.15, -0.1) is 11.8 Å². The molecule has 2 fully saturated rings. The zero-order valence-electron chi connectivity index (χ0n) is 14.7. The van der Waals surface area contributed by atoms with Gasteiger partial charge in [0.15, 0.2) is 0 Å². The summed E-state index contributed by atoms with van der Waals surface area (Å²) in [4.78, 5) is 27.0. The number of hydrogen-bond donors (Lipinski definition) is 1. The number of hydrogen-bond acceptors (Lipinski definition) is 4. The normalized spacial score (nSPS) is 21.3. The molecule has 25 heavy (non-hydrogen) atoms. The van der Waals surface area contributed by atoms with Gasteiger partial charge in [0.05, 0.1) is 11.7 Å². The van der Waals surface area contributed by atoms with Crippen molar-refractivity contribution in [1.82, 2.24) is 10.2 Å². The van der Waals surface area contributed by atoms with E-state index in [-0.39, 0.29) is 17.9 Å². The second-order valence-corrected chi connectivity index (χ2v) is 7.76. The fourth-order valence-electron chi connectivity index (χ4n) is 3.34. The van der Waals surface area contributed by atoms with Gasteiger partial charge in [-0.3, -0.25) is 9.59 Å². The Kier molecular flexibility index (Phi) is 6.37. The molecule has 2 amide bonds. The highest BCUT2D eigenvalue weighted by Crippen LogP contribution is 2.27. The zero-order valence-corrected chi connectivity index (χ0v) is 15.5. The number of piperidine rings is 1. The van der Waals surface area contributed by atoms with Gasteiger partial charge in [-0.05, 0) is 37.8 Å². The minimum absolute atomic E-state index is 0.0169. The van der Waals surface area contributed by atoms with Gasteiger partial charge in [0, 0.05) is 43.3 Å². The van der Waals surface area contributed by atoms with E-state index in [1.54, 1.807) is 18.7 Å². The molecule has 2 aliphatic heterocycles. The van der Waals surface area contributed by atoms with Crippen molar-refractivity contribution >= 4 is 23.6 Å². The predicted molar refractivity (Wildman–Crippen MR) is 98.9 cm³/mol. The quantitative estimate of drug-likeness (QED) is 0.818. The fraction of sp³-hybridized carbons (Fsp3) is 0.579. The Morgan fingerprint density at radius 2 is 2.00 bits per heavy atom. The number of rotatable bonds is 5. The summed E-state index contributed by atoms with van der Waals surface area (Å²) in [6, 6.07) is 7.91. The summed E-state index contributed by atoms with van der Waals surface area (Å²) in [5.74, 6) is 0.985. The van der Waals surface area contributed by atoms with Crippen LogP contribution in [0.15, 0.2) is 29.2 Å². The van der Waals surface area contributed by atoms with Crippen molar-refractivity contribution in [1.29, 1.82) is 0 Å². The number of likely N-dealkylation sites (tertiary alicyclic amines) is 1. The Morgan fingerprint density at radius 1 is 1.24 bits per heavy atom. The summed E-state index contributed by atoms with van der Waals surface area (Å²) < 4.78 is 5.67. The molecule has 0 aliphatic carbocycles. The maximum absolute atomic E-state index is 12.7. The molecule has 0 radical (unpaired) electrons. The average molecular weight is 362 g/mol. The number of carbonyl (C=O) groups excluding carboxylic acids is 2. The number of thioether (sulfide) groups is 1. The van der Waals surface area contributed by atoms with E-state index in [0.717, 1.165) is 61.6 Å². The first-order valence-corrected chi connectivity index (χ1v) is 10.0. The third-order valence-electron chi connectivity index (χ3n) is 4.86. The van der Waals surface area contributed by atoms with Gasteiger partial charge in [-0.1, -0.05) is 12.1 Å². The fourth-order valence-corrected chi connectivity index (χ4v) is 4.46. The molecule has 0 unspecified atom stereocenters. The average Bonchev–Trinajstić information content (AvgIpc) is 3.14. The number of ether oxygens (including phenoxy) is 1. The highest BCUT2D eigenvalue weighted by molar-refractivity contribution is 7.99. The number of carbonyl (C=O) groups is 2. The van der Waals surface area contributed by atoms with Crippen LogP contribution in [0.1, 0.15) is 43.0 Å².